The van der Waals surface area contributed by atoms with Crippen molar-refractivity contribution >= 4 is 27.5 Å². The number of amides is 2. The second kappa shape index (κ2) is 14.9. The fraction of sp³-hybridized carbons (Fsp3) is 0.375. The molecule has 0 bridgehead atoms. The standard InChI is InChI=1S/C32H38FN3O6S/c1-3-17-34-32(38)28(21-24-10-5-4-6-11-24)35(23-25-12-7-8-13-27(25)33)31(37)14-9-18-36(43(2,39)40)26-15-16-29-30(22-26)42-20-19-41-29/h4-8,10-13,15-16,22,28H,3,9,14,17-21,23H2,1-2H3,(H,34,38)/t28-/m0/s1. The van der Waals surface area contributed by atoms with Gasteiger partial charge < -0.3 is 19.7 Å². The number of nitrogens with zero attached hydrogens (tertiary/aromatic N) is 2. The highest BCUT2D eigenvalue weighted by atomic mass is 32.2. The number of hydrogen-bond acceptors (Lipinski definition) is 6. The summed E-state index contributed by atoms with van der Waals surface area (Å²) in [7, 11) is -3.70. The Morgan fingerprint density at radius 3 is 2.37 bits per heavy atom. The van der Waals surface area contributed by atoms with Crippen LogP contribution in [0, 0.1) is 5.82 Å². The van der Waals surface area contributed by atoms with Gasteiger partial charge in [0.2, 0.25) is 21.8 Å². The average molecular weight is 612 g/mol. The van der Waals surface area contributed by atoms with E-state index in [0.717, 1.165) is 11.8 Å². The van der Waals surface area contributed by atoms with Crippen molar-refractivity contribution in [3.8, 4) is 11.5 Å². The Hall–Kier alpha value is -4.12. The number of halogens is 1. The lowest BCUT2D eigenvalue weighted by Gasteiger charge is -2.32. The second-order valence-corrected chi connectivity index (χ2v) is 12.3. The van der Waals surface area contributed by atoms with Crippen LogP contribution < -0.4 is 19.1 Å². The number of carbonyl (C=O) groups excluding carboxylic acids is 2. The maximum absolute atomic E-state index is 14.8. The number of fused-ring (bicyclic) bond motifs is 1. The number of hydrogen-bond donors (Lipinski definition) is 1. The van der Waals surface area contributed by atoms with Gasteiger partial charge in [-0.1, -0.05) is 55.5 Å². The van der Waals surface area contributed by atoms with Crippen LogP contribution in [-0.2, 0) is 32.6 Å². The average Bonchev–Trinajstić information content (AvgIpc) is 3.00. The molecule has 43 heavy (non-hydrogen) atoms. The Bertz CT molecular complexity index is 1500. The highest BCUT2D eigenvalue weighted by molar-refractivity contribution is 7.92. The number of nitrogens with one attached hydrogen (secondary N) is 1. The van der Waals surface area contributed by atoms with Crippen molar-refractivity contribution in [2.45, 2.75) is 45.2 Å². The minimum absolute atomic E-state index is 0.0170. The molecule has 2 amide bonds. The van der Waals surface area contributed by atoms with Crippen molar-refractivity contribution < 1.29 is 31.9 Å². The molecule has 230 valence electrons. The van der Waals surface area contributed by atoms with Gasteiger partial charge in [0.05, 0.1) is 11.9 Å². The number of anilines is 1. The normalized spacial score (nSPS) is 13.2. The summed E-state index contributed by atoms with van der Waals surface area (Å²) in [5.41, 5.74) is 1.53. The van der Waals surface area contributed by atoms with E-state index in [-0.39, 0.29) is 49.7 Å². The van der Waals surface area contributed by atoms with Crippen molar-refractivity contribution in [3.05, 3.63) is 89.7 Å². The summed E-state index contributed by atoms with van der Waals surface area (Å²) in [6.07, 6.45) is 2.17. The minimum atomic E-state index is -3.70. The summed E-state index contributed by atoms with van der Waals surface area (Å²) in [4.78, 5) is 28.7. The molecule has 9 nitrogen and oxygen atoms in total. The molecule has 0 aromatic heterocycles. The molecule has 3 aromatic carbocycles. The van der Waals surface area contributed by atoms with Gasteiger partial charge in [-0.3, -0.25) is 13.9 Å². The second-order valence-electron chi connectivity index (χ2n) is 10.4. The highest BCUT2D eigenvalue weighted by Crippen LogP contribution is 2.35. The summed E-state index contributed by atoms with van der Waals surface area (Å²) in [5, 5.41) is 2.89. The molecule has 1 heterocycles. The van der Waals surface area contributed by atoms with Crippen molar-refractivity contribution in [3.63, 3.8) is 0 Å². The summed E-state index contributed by atoms with van der Waals surface area (Å²) < 4.78 is 52.7. The Morgan fingerprint density at radius 2 is 1.67 bits per heavy atom. The van der Waals surface area contributed by atoms with E-state index >= 15 is 0 Å². The van der Waals surface area contributed by atoms with Crippen molar-refractivity contribution in [1.82, 2.24) is 10.2 Å². The first-order valence-electron chi connectivity index (χ1n) is 14.4. The fourth-order valence-electron chi connectivity index (χ4n) is 4.92. The van der Waals surface area contributed by atoms with Crippen molar-refractivity contribution in [1.29, 1.82) is 0 Å². The molecule has 1 atom stereocenters. The van der Waals surface area contributed by atoms with E-state index in [1.165, 1.54) is 15.3 Å². The SMILES string of the molecule is CCCNC(=O)[C@H](Cc1ccccc1)N(Cc1ccccc1F)C(=O)CCCN(c1ccc2c(c1)OCCO2)S(C)(=O)=O. The molecule has 0 aliphatic carbocycles. The summed E-state index contributed by atoms with van der Waals surface area (Å²) in [5.74, 6) is -0.204. The van der Waals surface area contributed by atoms with Crippen molar-refractivity contribution in [2.24, 2.45) is 0 Å². The lowest BCUT2D eigenvalue weighted by molar-refractivity contribution is -0.141. The molecule has 0 saturated heterocycles. The Balaban J connectivity index is 1.57. The van der Waals surface area contributed by atoms with E-state index < -0.39 is 21.9 Å². The zero-order chi connectivity index (χ0) is 30.8. The molecule has 0 radical (unpaired) electrons. The molecule has 0 unspecified atom stereocenters. The van der Waals surface area contributed by atoms with E-state index in [9.17, 15) is 22.4 Å². The first-order valence-corrected chi connectivity index (χ1v) is 16.2. The molecule has 11 heteroatoms. The number of carbonyl (C=O) groups is 2. The molecular formula is C32H38FN3O6S. The third-order valence-corrected chi connectivity index (χ3v) is 8.28. The van der Waals surface area contributed by atoms with Gasteiger partial charge >= 0.3 is 0 Å². The molecular weight excluding hydrogens is 573 g/mol. The number of ether oxygens (including phenoxy) is 2. The van der Waals surface area contributed by atoms with E-state index in [0.29, 0.717) is 43.4 Å². The van der Waals surface area contributed by atoms with Crippen LogP contribution in [0.4, 0.5) is 10.1 Å². The van der Waals surface area contributed by atoms with Crippen LogP contribution in [0.2, 0.25) is 0 Å². The van der Waals surface area contributed by atoms with Crippen LogP contribution in [0.5, 0.6) is 11.5 Å². The zero-order valence-electron chi connectivity index (χ0n) is 24.5. The van der Waals surface area contributed by atoms with Gasteiger partial charge in [0.15, 0.2) is 11.5 Å². The largest absolute Gasteiger partial charge is 0.486 e. The maximum Gasteiger partial charge on any atom is 0.243 e. The monoisotopic (exact) mass is 611 g/mol. The molecule has 1 aliphatic rings. The lowest BCUT2D eigenvalue weighted by atomic mass is 10.0. The van der Waals surface area contributed by atoms with Gasteiger partial charge in [-0.2, -0.15) is 0 Å². The predicted molar refractivity (Wildman–Crippen MR) is 163 cm³/mol. The topological polar surface area (TPSA) is 105 Å². The van der Waals surface area contributed by atoms with Crippen LogP contribution in [-0.4, -0.2) is 63.7 Å². The quantitative estimate of drug-likeness (QED) is 0.291. The zero-order valence-corrected chi connectivity index (χ0v) is 25.3. The van der Waals surface area contributed by atoms with E-state index in [2.05, 4.69) is 5.32 Å². The minimum Gasteiger partial charge on any atom is -0.486 e. The molecule has 1 aliphatic heterocycles. The molecule has 3 aromatic rings. The van der Waals surface area contributed by atoms with Crippen molar-refractivity contribution in [2.75, 3.05) is 36.9 Å². The molecule has 1 N–H and O–H groups in total. The number of rotatable bonds is 14. The van der Waals surface area contributed by atoms with Gasteiger partial charge in [0.1, 0.15) is 25.1 Å². The fourth-order valence-corrected chi connectivity index (χ4v) is 5.88. The van der Waals surface area contributed by atoms with Crippen LogP contribution >= 0.6 is 0 Å². The maximum atomic E-state index is 14.8. The smallest absolute Gasteiger partial charge is 0.243 e. The van der Waals surface area contributed by atoms with Crippen LogP contribution in [0.3, 0.4) is 0 Å². The molecule has 0 saturated carbocycles. The Kier molecular flexibility index (Phi) is 11.0. The van der Waals surface area contributed by atoms with Crippen LogP contribution in [0.25, 0.3) is 0 Å². The van der Waals surface area contributed by atoms with Crippen LogP contribution in [0.15, 0.2) is 72.8 Å². The van der Waals surface area contributed by atoms with E-state index in [1.807, 2.05) is 37.3 Å². The summed E-state index contributed by atoms with van der Waals surface area (Å²) >= 11 is 0. The first-order chi connectivity index (χ1) is 20.7. The van der Waals surface area contributed by atoms with Crippen LogP contribution in [0.1, 0.15) is 37.3 Å². The first kappa shape index (κ1) is 31.8. The molecule has 4 rings (SSSR count). The number of sulfonamides is 1. The van der Waals surface area contributed by atoms with Gasteiger partial charge in [0, 0.05) is 44.1 Å². The number of benzene rings is 3. The van der Waals surface area contributed by atoms with Gasteiger partial charge in [-0.05, 0) is 36.6 Å². The Morgan fingerprint density at radius 1 is 0.977 bits per heavy atom. The Labute approximate surface area is 252 Å². The predicted octanol–water partition coefficient (Wildman–Crippen LogP) is 4.31. The molecule has 0 spiro atoms. The summed E-state index contributed by atoms with van der Waals surface area (Å²) in [6, 6.07) is 19.5. The third-order valence-electron chi connectivity index (χ3n) is 7.08. The van der Waals surface area contributed by atoms with E-state index in [1.54, 1.807) is 36.4 Å². The molecule has 0 fully saturated rings. The van der Waals surface area contributed by atoms with Gasteiger partial charge in [0.25, 0.3) is 0 Å². The third kappa shape index (κ3) is 8.70. The summed E-state index contributed by atoms with van der Waals surface area (Å²) in [6.45, 7) is 3.05. The van der Waals surface area contributed by atoms with E-state index in [4.69, 9.17) is 9.47 Å². The highest BCUT2D eigenvalue weighted by Gasteiger charge is 2.31. The lowest BCUT2D eigenvalue weighted by Crippen LogP contribution is -2.50. The van der Waals surface area contributed by atoms with Gasteiger partial charge in [-0.15, -0.1) is 0 Å². The van der Waals surface area contributed by atoms with Gasteiger partial charge in [-0.25, -0.2) is 12.8 Å².